The molecule has 0 bridgehead atoms. The molecule has 0 saturated carbocycles. The first-order valence-corrected chi connectivity index (χ1v) is 9.64. The van der Waals surface area contributed by atoms with Crippen LogP contribution in [0.3, 0.4) is 0 Å². The first kappa shape index (κ1) is 21.0. The zero-order valence-electron chi connectivity index (χ0n) is 16.9. The largest absolute Gasteiger partial charge is 0.444 e. The van der Waals surface area contributed by atoms with Crippen LogP contribution in [0.25, 0.3) is 0 Å². The molecular weight excluding hydrogens is 378 g/mol. The maximum atomic E-state index is 14.8. The molecule has 1 N–H and O–H groups in total. The summed E-state index contributed by atoms with van der Waals surface area (Å²) < 4.78 is 33.2. The van der Waals surface area contributed by atoms with Gasteiger partial charge in [-0.15, -0.1) is 0 Å². The molecule has 2 unspecified atom stereocenters. The van der Waals surface area contributed by atoms with E-state index >= 15 is 0 Å². The van der Waals surface area contributed by atoms with Crippen molar-refractivity contribution < 1.29 is 18.3 Å². The van der Waals surface area contributed by atoms with Crippen molar-refractivity contribution in [3.05, 3.63) is 53.7 Å². The molecule has 29 heavy (non-hydrogen) atoms. The highest BCUT2D eigenvalue weighted by molar-refractivity contribution is 5.68. The number of hydrogen-bond acceptors (Lipinski definition) is 5. The monoisotopic (exact) mass is 404 g/mol. The Morgan fingerprint density at radius 3 is 2.59 bits per heavy atom. The highest BCUT2D eigenvalue weighted by atomic mass is 19.1. The molecule has 8 heteroatoms. The van der Waals surface area contributed by atoms with Crippen LogP contribution in [-0.2, 0) is 11.2 Å². The molecule has 1 aliphatic rings. The minimum absolute atomic E-state index is 0.0415. The fourth-order valence-corrected chi connectivity index (χ4v) is 3.15. The Labute approximate surface area is 169 Å². The zero-order chi connectivity index (χ0) is 21.0. The van der Waals surface area contributed by atoms with E-state index < -0.39 is 23.9 Å². The van der Waals surface area contributed by atoms with Gasteiger partial charge in [0.05, 0.1) is 18.3 Å². The summed E-state index contributed by atoms with van der Waals surface area (Å²) in [4.78, 5) is 22.2. The highest BCUT2D eigenvalue weighted by Gasteiger charge is 2.34. The van der Waals surface area contributed by atoms with Crippen LogP contribution >= 0.6 is 0 Å². The third kappa shape index (κ3) is 5.85. The van der Waals surface area contributed by atoms with Crippen molar-refractivity contribution in [3.8, 4) is 0 Å². The molecule has 1 amide bonds. The van der Waals surface area contributed by atoms with Crippen LogP contribution in [0.5, 0.6) is 0 Å². The van der Waals surface area contributed by atoms with Crippen molar-refractivity contribution >= 4 is 11.9 Å². The van der Waals surface area contributed by atoms with Crippen molar-refractivity contribution in [1.29, 1.82) is 0 Å². The fourth-order valence-electron chi connectivity index (χ4n) is 3.15. The van der Waals surface area contributed by atoms with Gasteiger partial charge in [-0.1, -0.05) is 12.1 Å². The molecule has 1 aliphatic heterocycles. The molecule has 0 spiro atoms. The number of nitrogens with zero attached hydrogens (tertiary/aromatic N) is 3. The molecule has 2 atom stereocenters. The van der Waals surface area contributed by atoms with Crippen molar-refractivity contribution in [1.82, 2.24) is 14.9 Å². The lowest BCUT2D eigenvalue weighted by Crippen LogP contribution is -2.51. The SMILES string of the molecule is CC(C)(C)OC(=O)N1CCC(Nc2nccnc2Cc2ccc(F)cc2)C(F)C1. The Balaban J connectivity index is 1.64. The number of ether oxygens (including phenoxy) is 1. The number of halogens is 2. The van der Waals surface area contributed by atoms with Gasteiger partial charge in [0.25, 0.3) is 0 Å². The van der Waals surface area contributed by atoms with Gasteiger partial charge in [0, 0.05) is 25.4 Å². The lowest BCUT2D eigenvalue weighted by molar-refractivity contribution is 0.0125. The Morgan fingerprint density at radius 1 is 1.24 bits per heavy atom. The first-order valence-electron chi connectivity index (χ1n) is 9.64. The molecule has 2 heterocycles. The second-order valence-electron chi connectivity index (χ2n) is 8.14. The molecule has 156 valence electrons. The van der Waals surface area contributed by atoms with Gasteiger partial charge < -0.3 is 15.0 Å². The van der Waals surface area contributed by atoms with E-state index in [1.165, 1.54) is 17.0 Å². The molecule has 1 aromatic heterocycles. The minimum atomic E-state index is -1.27. The van der Waals surface area contributed by atoms with Gasteiger partial charge in [0.15, 0.2) is 0 Å². The van der Waals surface area contributed by atoms with E-state index in [1.54, 1.807) is 45.3 Å². The van der Waals surface area contributed by atoms with E-state index in [9.17, 15) is 13.6 Å². The van der Waals surface area contributed by atoms with Crippen LogP contribution in [-0.4, -0.2) is 51.9 Å². The average Bonchev–Trinajstić information content (AvgIpc) is 2.65. The van der Waals surface area contributed by atoms with E-state index in [0.29, 0.717) is 30.9 Å². The lowest BCUT2D eigenvalue weighted by atomic mass is 10.0. The Kier molecular flexibility index (Phi) is 6.30. The molecule has 1 saturated heterocycles. The van der Waals surface area contributed by atoms with Gasteiger partial charge in [0.2, 0.25) is 0 Å². The number of rotatable bonds is 4. The summed E-state index contributed by atoms with van der Waals surface area (Å²) in [6, 6.07) is 5.67. The topological polar surface area (TPSA) is 67.3 Å². The number of carbonyl (C=O) groups is 1. The summed E-state index contributed by atoms with van der Waals surface area (Å²) in [5.74, 6) is 0.193. The van der Waals surface area contributed by atoms with Crippen LogP contribution in [0, 0.1) is 5.82 Å². The number of alkyl halides is 1. The van der Waals surface area contributed by atoms with E-state index in [4.69, 9.17) is 4.74 Å². The maximum Gasteiger partial charge on any atom is 0.410 e. The number of anilines is 1. The predicted octanol–water partition coefficient (Wildman–Crippen LogP) is 3.97. The molecule has 3 rings (SSSR count). The Hall–Kier alpha value is -2.77. The summed E-state index contributed by atoms with van der Waals surface area (Å²) in [6.45, 7) is 5.69. The summed E-state index contributed by atoms with van der Waals surface area (Å²) in [7, 11) is 0. The van der Waals surface area contributed by atoms with Gasteiger partial charge in [-0.2, -0.15) is 0 Å². The zero-order valence-corrected chi connectivity index (χ0v) is 16.9. The first-order chi connectivity index (χ1) is 13.7. The van der Waals surface area contributed by atoms with Gasteiger partial charge in [0.1, 0.15) is 23.4 Å². The van der Waals surface area contributed by atoms with Gasteiger partial charge >= 0.3 is 6.09 Å². The smallest absolute Gasteiger partial charge is 0.410 e. The van der Waals surface area contributed by atoms with Gasteiger partial charge in [-0.25, -0.2) is 18.6 Å². The van der Waals surface area contributed by atoms with E-state index in [-0.39, 0.29) is 12.4 Å². The number of benzene rings is 1. The summed E-state index contributed by atoms with van der Waals surface area (Å²) >= 11 is 0. The molecule has 1 fully saturated rings. The Morgan fingerprint density at radius 2 is 1.93 bits per heavy atom. The lowest BCUT2D eigenvalue weighted by Gasteiger charge is -2.36. The molecule has 2 aromatic rings. The van der Waals surface area contributed by atoms with Crippen LogP contribution in [0.4, 0.5) is 19.4 Å². The average molecular weight is 404 g/mol. The van der Waals surface area contributed by atoms with Crippen LogP contribution in [0.1, 0.15) is 38.4 Å². The van der Waals surface area contributed by atoms with Crippen molar-refractivity contribution in [2.24, 2.45) is 0 Å². The molecular formula is C21H26F2N4O2. The molecule has 0 aliphatic carbocycles. The number of carbonyl (C=O) groups excluding carboxylic acids is 1. The second-order valence-corrected chi connectivity index (χ2v) is 8.14. The van der Waals surface area contributed by atoms with Gasteiger partial charge in [-0.05, 0) is 44.9 Å². The van der Waals surface area contributed by atoms with Crippen LogP contribution < -0.4 is 5.32 Å². The predicted molar refractivity (Wildman–Crippen MR) is 106 cm³/mol. The molecule has 6 nitrogen and oxygen atoms in total. The number of likely N-dealkylation sites (tertiary alicyclic amines) is 1. The summed E-state index contributed by atoms with van der Waals surface area (Å²) in [5.41, 5.74) is 0.916. The fraction of sp³-hybridized carbons (Fsp3) is 0.476. The number of piperidine rings is 1. The van der Waals surface area contributed by atoms with Crippen molar-refractivity contribution in [3.63, 3.8) is 0 Å². The van der Waals surface area contributed by atoms with Gasteiger partial charge in [-0.3, -0.25) is 4.98 Å². The number of nitrogens with one attached hydrogen (secondary N) is 1. The standard InChI is InChI=1S/C21H26F2N4O2/c1-21(2,3)29-20(28)27-11-8-17(16(23)13-27)26-19-18(24-9-10-25-19)12-14-4-6-15(22)7-5-14/h4-7,9-10,16-17H,8,11-13H2,1-3H3,(H,25,26). The molecule has 0 radical (unpaired) electrons. The Bertz CT molecular complexity index is 839. The van der Waals surface area contributed by atoms with Crippen LogP contribution in [0.15, 0.2) is 36.7 Å². The highest BCUT2D eigenvalue weighted by Crippen LogP contribution is 2.22. The second kappa shape index (κ2) is 8.71. The third-order valence-electron chi connectivity index (χ3n) is 4.57. The minimum Gasteiger partial charge on any atom is -0.444 e. The number of amides is 1. The van der Waals surface area contributed by atoms with Crippen LogP contribution in [0.2, 0.25) is 0 Å². The van der Waals surface area contributed by atoms with E-state index in [2.05, 4.69) is 15.3 Å². The van der Waals surface area contributed by atoms with Crippen molar-refractivity contribution in [2.75, 3.05) is 18.4 Å². The third-order valence-corrected chi connectivity index (χ3v) is 4.57. The summed E-state index contributed by atoms with van der Waals surface area (Å²) in [6.07, 6.45) is 2.21. The van der Waals surface area contributed by atoms with Crippen molar-refractivity contribution in [2.45, 2.75) is 51.4 Å². The summed E-state index contributed by atoms with van der Waals surface area (Å²) in [5, 5.41) is 3.14. The van der Waals surface area contributed by atoms with E-state index in [0.717, 1.165) is 5.56 Å². The van der Waals surface area contributed by atoms with E-state index in [1.807, 2.05) is 0 Å². The number of aromatic nitrogens is 2. The molecule has 1 aromatic carbocycles. The normalized spacial score (nSPS) is 19.7. The maximum absolute atomic E-state index is 14.8. The quantitative estimate of drug-likeness (QED) is 0.835. The number of hydrogen-bond donors (Lipinski definition) is 1.